The van der Waals surface area contributed by atoms with Crippen LogP contribution in [0.25, 0.3) is 11.3 Å². The molecule has 0 fully saturated rings. The molecule has 240 valence electrons. The lowest BCUT2D eigenvalue weighted by atomic mass is 10.0. The number of carboxylic acids is 1. The number of amides is 2. The van der Waals surface area contributed by atoms with Crippen molar-refractivity contribution in [1.82, 2.24) is 14.9 Å². The lowest BCUT2D eigenvalue weighted by Gasteiger charge is -2.13. The van der Waals surface area contributed by atoms with Gasteiger partial charge in [0.15, 0.2) is 5.76 Å². The highest BCUT2D eigenvalue weighted by molar-refractivity contribution is 7.98. The quantitative estimate of drug-likeness (QED) is 0.0979. The van der Waals surface area contributed by atoms with Crippen LogP contribution in [-0.4, -0.2) is 55.4 Å². The molecule has 47 heavy (non-hydrogen) atoms. The monoisotopic (exact) mass is 653 g/mol. The summed E-state index contributed by atoms with van der Waals surface area (Å²) >= 11 is 1.49. The molecular weight excluding hydrogens is 622 g/mol. The Bertz CT molecular complexity index is 1890. The lowest BCUT2D eigenvalue weighted by Crippen LogP contribution is -2.41. The fourth-order valence-corrected chi connectivity index (χ4v) is 5.40. The van der Waals surface area contributed by atoms with Gasteiger partial charge in [0.05, 0.1) is 11.3 Å². The second-order valence-corrected chi connectivity index (χ2v) is 11.6. The molecule has 5 rings (SSSR count). The summed E-state index contributed by atoms with van der Waals surface area (Å²) < 4.78 is 7.63. The summed E-state index contributed by atoms with van der Waals surface area (Å²) in [6.07, 6.45) is 5.75. The fraction of sp³-hybridized carbons (Fsp3) is 0.176. The number of anilines is 1. The minimum absolute atomic E-state index is 0.0245. The number of nitrogens with one attached hydrogen (secondary N) is 2. The number of hydrogen-bond donors (Lipinski definition) is 3. The number of carbonyl (C=O) groups is 3. The Kier molecular flexibility index (Phi) is 10.5. The highest BCUT2D eigenvalue weighted by Crippen LogP contribution is 2.26. The number of benzene rings is 3. The van der Waals surface area contributed by atoms with Crippen LogP contribution >= 0.6 is 11.8 Å². The van der Waals surface area contributed by atoms with Gasteiger partial charge in [-0.2, -0.15) is 11.8 Å². The van der Waals surface area contributed by atoms with Crippen molar-refractivity contribution in [3.63, 3.8) is 0 Å². The molecular formula is C34H31N5O7S. The molecule has 1 unspecified atom stereocenters. The van der Waals surface area contributed by atoms with Crippen molar-refractivity contribution >= 4 is 40.9 Å². The number of nitro groups is 1. The predicted molar refractivity (Wildman–Crippen MR) is 178 cm³/mol. The highest BCUT2D eigenvalue weighted by Gasteiger charge is 2.22. The normalized spacial score (nSPS) is 11.5. The number of thioether (sulfide) groups is 1. The summed E-state index contributed by atoms with van der Waals surface area (Å²) in [4.78, 5) is 52.9. The van der Waals surface area contributed by atoms with Crippen molar-refractivity contribution in [2.24, 2.45) is 0 Å². The maximum atomic E-state index is 13.4. The lowest BCUT2D eigenvalue weighted by molar-refractivity contribution is -0.384. The maximum Gasteiger partial charge on any atom is 0.326 e. The van der Waals surface area contributed by atoms with Crippen molar-refractivity contribution in [3.05, 3.63) is 136 Å². The smallest absolute Gasteiger partial charge is 0.326 e. The number of nitrogens with zero attached hydrogens (tertiary/aromatic N) is 3. The van der Waals surface area contributed by atoms with E-state index in [2.05, 4.69) is 15.6 Å². The second-order valence-electron chi connectivity index (χ2n) is 10.6. The van der Waals surface area contributed by atoms with E-state index in [0.29, 0.717) is 34.9 Å². The van der Waals surface area contributed by atoms with Crippen LogP contribution in [0.1, 0.15) is 44.2 Å². The number of nitro benzene ring substituents is 1. The molecule has 0 spiro atoms. The number of rotatable bonds is 14. The van der Waals surface area contributed by atoms with Gasteiger partial charge in [-0.15, -0.1) is 0 Å². The number of hydrogen-bond acceptors (Lipinski definition) is 8. The Morgan fingerprint density at radius 1 is 1.02 bits per heavy atom. The van der Waals surface area contributed by atoms with Gasteiger partial charge in [-0.25, -0.2) is 9.78 Å². The first-order valence-corrected chi connectivity index (χ1v) is 16.0. The molecule has 1 atom stereocenters. The first kappa shape index (κ1) is 32.7. The number of furan rings is 1. The number of aromatic nitrogens is 2. The third kappa shape index (κ3) is 8.32. The third-order valence-electron chi connectivity index (χ3n) is 7.38. The fourth-order valence-electron chi connectivity index (χ4n) is 4.93. The average Bonchev–Trinajstić information content (AvgIpc) is 3.74. The molecule has 13 heteroatoms. The van der Waals surface area contributed by atoms with E-state index in [0.717, 1.165) is 11.3 Å². The number of carbonyl (C=O) groups excluding carboxylic acids is 2. The van der Waals surface area contributed by atoms with Crippen molar-refractivity contribution in [3.8, 4) is 11.3 Å². The van der Waals surface area contributed by atoms with Crippen LogP contribution in [0.3, 0.4) is 0 Å². The summed E-state index contributed by atoms with van der Waals surface area (Å²) in [5, 5.41) is 26.3. The van der Waals surface area contributed by atoms with Crippen LogP contribution in [0, 0.1) is 10.1 Å². The highest BCUT2D eigenvalue weighted by atomic mass is 32.2. The molecule has 0 radical (unpaired) electrons. The van der Waals surface area contributed by atoms with Crippen molar-refractivity contribution in [1.29, 1.82) is 0 Å². The molecule has 3 N–H and O–H groups in total. The molecule has 5 aromatic rings. The van der Waals surface area contributed by atoms with Crippen LogP contribution in [0.5, 0.6) is 0 Å². The van der Waals surface area contributed by atoms with Gasteiger partial charge in [0.2, 0.25) is 0 Å². The standard InChI is InChI=1S/C34H31N5O7S/c1-47-16-15-29(34(42)43)37-33(41)31-14-13-30(46-31)23-7-9-25(10-8-23)36-32(40)28-12-11-26(39(44)45)17-24(28)18-27-19-35-21-38(27)20-22-5-3-2-4-6-22/h2-14,17,19,21,29H,15-16,18,20H2,1H3,(H,36,40)(H,37,41)(H,42,43). The zero-order chi connectivity index (χ0) is 33.3. The van der Waals surface area contributed by atoms with E-state index in [4.69, 9.17) is 4.42 Å². The Hall–Kier alpha value is -5.69. The molecule has 0 saturated carbocycles. The van der Waals surface area contributed by atoms with Gasteiger partial charge in [0.25, 0.3) is 17.5 Å². The van der Waals surface area contributed by atoms with Crippen LogP contribution in [-0.2, 0) is 17.8 Å². The van der Waals surface area contributed by atoms with Gasteiger partial charge >= 0.3 is 5.97 Å². The second kappa shape index (κ2) is 15.1. The number of imidazole rings is 1. The zero-order valence-electron chi connectivity index (χ0n) is 25.3. The summed E-state index contributed by atoms with van der Waals surface area (Å²) in [5.41, 5.74) is 3.59. The SMILES string of the molecule is CSCCC(NC(=O)c1ccc(-c2ccc(NC(=O)c3ccc([N+](=O)[O-])cc3Cc3cncn3Cc3ccccc3)cc2)o1)C(=O)O. The molecule has 2 aromatic heterocycles. The summed E-state index contributed by atoms with van der Waals surface area (Å²) in [7, 11) is 0. The van der Waals surface area contributed by atoms with E-state index in [1.807, 2.05) is 41.2 Å². The Balaban J connectivity index is 1.29. The Morgan fingerprint density at radius 3 is 2.49 bits per heavy atom. The van der Waals surface area contributed by atoms with Crippen molar-refractivity contribution < 1.29 is 28.8 Å². The van der Waals surface area contributed by atoms with Gasteiger partial charge in [-0.1, -0.05) is 30.3 Å². The molecule has 0 aliphatic carbocycles. The van der Waals surface area contributed by atoms with Crippen LogP contribution in [0.2, 0.25) is 0 Å². The first-order chi connectivity index (χ1) is 22.7. The van der Waals surface area contributed by atoms with Crippen molar-refractivity contribution in [2.75, 3.05) is 17.3 Å². The van der Waals surface area contributed by atoms with E-state index in [9.17, 15) is 29.6 Å². The minimum atomic E-state index is -1.12. The average molecular weight is 654 g/mol. The largest absolute Gasteiger partial charge is 0.480 e. The van der Waals surface area contributed by atoms with Crippen LogP contribution < -0.4 is 10.6 Å². The molecule has 0 aliphatic rings. The van der Waals surface area contributed by atoms with E-state index in [1.165, 1.54) is 36.0 Å². The minimum Gasteiger partial charge on any atom is -0.480 e. The Labute approximate surface area is 274 Å². The summed E-state index contributed by atoms with van der Waals surface area (Å²) in [5.74, 6) is -1.25. The van der Waals surface area contributed by atoms with Gasteiger partial charge in [-0.05, 0) is 72.0 Å². The molecule has 3 aromatic carbocycles. The van der Waals surface area contributed by atoms with Gasteiger partial charge in [0, 0.05) is 53.8 Å². The van der Waals surface area contributed by atoms with Crippen molar-refractivity contribution in [2.45, 2.75) is 25.4 Å². The molecule has 0 saturated heterocycles. The van der Waals surface area contributed by atoms with Crippen LogP contribution in [0.4, 0.5) is 11.4 Å². The van der Waals surface area contributed by atoms with E-state index in [-0.39, 0.29) is 29.9 Å². The predicted octanol–water partition coefficient (Wildman–Crippen LogP) is 5.88. The summed E-state index contributed by atoms with van der Waals surface area (Å²) in [6.45, 7) is 0.557. The van der Waals surface area contributed by atoms with Gasteiger partial charge in [-0.3, -0.25) is 19.7 Å². The van der Waals surface area contributed by atoms with E-state index in [1.54, 1.807) is 42.9 Å². The van der Waals surface area contributed by atoms with Gasteiger partial charge in [0.1, 0.15) is 11.8 Å². The van der Waals surface area contributed by atoms with Gasteiger partial charge < -0.3 is 24.7 Å². The first-order valence-electron chi connectivity index (χ1n) is 14.6. The zero-order valence-corrected chi connectivity index (χ0v) is 26.1. The number of aliphatic carboxylic acids is 1. The van der Waals surface area contributed by atoms with Crippen LogP contribution in [0.15, 0.2) is 102 Å². The maximum absolute atomic E-state index is 13.4. The number of carboxylic acid groups (broad SMARTS) is 1. The summed E-state index contributed by atoms with van der Waals surface area (Å²) in [6, 6.07) is 22.7. The van der Waals surface area contributed by atoms with E-state index >= 15 is 0 Å². The topological polar surface area (TPSA) is 170 Å². The molecule has 0 bridgehead atoms. The molecule has 0 aliphatic heterocycles. The van der Waals surface area contributed by atoms with E-state index < -0.39 is 28.7 Å². The molecule has 2 heterocycles. The number of non-ortho nitro benzene ring substituents is 1. The Morgan fingerprint density at radius 2 is 1.79 bits per heavy atom. The molecule has 2 amide bonds. The third-order valence-corrected chi connectivity index (χ3v) is 8.03. The molecule has 12 nitrogen and oxygen atoms in total.